The van der Waals surface area contributed by atoms with Gasteiger partial charge < -0.3 is 0 Å². The zero-order valence-electron chi connectivity index (χ0n) is 11.3. The fourth-order valence-electron chi connectivity index (χ4n) is 1.28. The van der Waals surface area contributed by atoms with E-state index in [1.165, 1.54) is 11.8 Å². The second-order valence-corrected chi connectivity index (χ2v) is 7.38. The molecule has 0 bridgehead atoms. The molecule has 0 aliphatic rings. The first-order valence-electron chi connectivity index (χ1n) is 6.04. The summed E-state index contributed by atoms with van der Waals surface area (Å²) in [5.74, 6) is 0.651. The maximum absolute atomic E-state index is 12.2. The molecule has 0 saturated heterocycles. The number of hydrogen-bond donors (Lipinski definition) is 1. The standard InChI is InChI=1S/C12H17ClNO3PS2/c1-3-16-18(15,17-4-2)14-12(19)20-9-10-5-7-11(13)8-6-10/h5-8H,3-4,9H2,1-2H3,(H,14,15,19). The van der Waals surface area contributed by atoms with Gasteiger partial charge >= 0.3 is 7.75 Å². The van der Waals surface area contributed by atoms with Crippen molar-refractivity contribution in [3.05, 3.63) is 34.9 Å². The lowest BCUT2D eigenvalue weighted by molar-refractivity contribution is 0.221. The topological polar surface area (TPSA) is 47.9 Å². The Bertz CT molecular complexity index is 486. The maximum Gasteiger partial charge on any atom is 0.455 e. The predicted octanol–water partition coefficient (Wildman–Crippen LogP) is 5.04. The molecule has 112 valence electrons. The van der Waals surface area contributed by atoms with Crippen molar-refractivity contribution in [3.63, 3.8) is 0 Å². The van der Waals surface area contributed by atoms with Gasteiger partial charge in [0, 0.05) is 10.8 Å². The lowest BCUT2D eigenvalue weighted by Gasteiger charge is -2.12. The average Bonchev–Trinajstić information content (AvgIpc) is 2.38. The van der Waals surface area contributed by atoms with Crippen molar-refractivity contribution in [2.24, 2.45) is 4.76 Å². The molecule has 0 unspecified atom stereocenters. The van der Waals surface area contributed by atoms with E-state index in [0.717, 1.165) is 5.56 Å². The molecule has 4 nitrogen and oxygen atoms in total. The highest BCUT2D eigenvalue weighted by Crippen LogP contribution is 2.50. The highest BCUT2D eigenvalue weighted by atomic mass is 35.5. The number of thiol groups is 1. The summed E-state index contributed by atoms with van der Waals surface area (Å²) in [6, 6.07) is 7.47. The first-order chi connectivity index (χ1) is 9.49. The Balaban J connectivity index is 2.63. The molecule has 8 heteroatoms. The third-order valence-electron chi connectivity index (χ3n) is 2.07. The molecule has 0 radical (unpaired) electrons. The van der Waals surface area contributed by atoms with Crippen LogP contribution in [0.1, 0.15) is 19.4 Å². The SMILES string of the molecule is CCOP(=O)(N=C(S)SCc1ccc(Cl)cc1)OCC. The van der Waals surface area contributed by atoms with Gasteiger partial charge in [0.05, 0.1) is 13.2 Å². The molecular weight excluding hydrogens is 337 g/mol. The predicted molar refractivity (Wildman–Crippen MR) is 90.0 cm³/mol. The summed E-state index contributed by atoms with van der Waals surface area (Å²) in [6.07, 6.45) is 0. The summed E-state index contributed by atoms with van der Waals surface area (Å²) in [7, 11) is -3.43. The minimum Gasteiger partial charge on any atom is -0.291 e. The highest BCUT2D eigenvalue weighted by molar-refractivity contribution is 8.32. The summed E-state index contributed by atoms with van der Waals surface area (Å²) >= 11 is 11.4. The lowest BCUT2D eigenvalue weighted by Crippen LogP contribution is -1.95. The van der Waals surface area contributed by atoms with E-state index in [2.05, 4.69) is 17.4 Å². The smallest absolute Gasteiger partial charge is 0.291 e. The fraction of sp³-hybridized carbons (Fsp3) is 0.417. The minimum atomic E-state index is -3.43. The molecule has 1 aromatic carbocycles. The van der Waals surface area contributed by atoms with E-state index in [4.69, 9.17) is 20.6 Å². The molecule has 0 N–H and O–H groups in total. The molecule has 0 atom stereocenters. The van der Waals surface area contributed by atoms with Crippen LogP contribution in [0.2, 0.25) is 5.02 Å². The third kappa shape index (κ3) is 6.66. The van der Waals surface area contributed by atoms with E-state index in [0.29, 0.717) is 15.2 Å². The molecule has 0 spiro atoms. The Labute approximate surface area is 134 Å². The van der Waals surface area contributed by atoms with E-state index in [-0.39, 0.29) is 13.2 Å². The van der Waals surface area contributed by atoms with Crippen LogP contribution in [0.4, 0.5) is 0 Å². The van der Waals surface area contributed by atoms with Gasteiger partial charge in [0.25, 0.3) is 0 Å². The number of halogens is 1. The van der Waals surface area contributed by atoms with Crippen molar-refractivity contribution < 1.29 is 13.6 Å². The normalized spacial score (nSPS) is 12.7. The Hall–Kier alpha value is 0.0300. The quantitative estimate of drug-likeness (QED) is 0.323. The Morgan fingerprint density at radius 1 is 1.30 bits per heavy atom. The van der Waals surface area contributed by atoms with E-state index in [9.17, 15) is 4.57 Å². The zero-order valence-corrected chi connectivity index (χ0v) is 14.6. The van der Waals surface area contributed by atoms with Gasteiger partial charge in [-0.2, -0.15) is 4.76 Å². The van der Waals surface area contributed by atoms with Crippen LogP contribution in [0.5, 0.6) is 0 Å². The van der Waals surface area contributed by atoms with Crippen molar-refractivity contribution in [1.29, 1.82) is 0 Å². The van der Waals surface area contributed by atoms with Gasteiger partial charge in [-0.15, -0.1) is 12.6 Å². The fourth-order valence-corrected chi connectivity index (χ4v) is 4.00. The minimum absolute atomic E-state index is 0.268. The van der Waals surface area contributed by atoms with Crippen LogP contribution >= 0.6 is 43.7 Å². The van der Waals surface area contributed by atoms with Gasteiger partial charge in [0.15, 0.2) is 0 Å². The molecule has 0 aliphatic carbocycles. The van der Waals surface area contributed by atoms with Gasteiger partial charge in [-0.3, -0.25) is 9.05 Å². The second kappa shape index (κ2) is 9.13. The molecule has 0 amide bonds. The zero-order chi connectivity index (χ0) is 15.0. The van der Waals surface area contributed by atoms with Gasteiger partial charge in [0.1, 0.15) is 4.38 Å². The third-order valence-corrected chi connectivity index (χ3v) is 5.55. The Morgan fingerprint density at radius 2 is 1.85 bits per heavy atom. The summed E-state index contributed by atoms with van der Waals surface area (Å²) in [5, 5.41) is 0.690. The maximum atomic E-state index is 12.2. The van der Waals surface area contributed by atoms with Crippen LogP contribution in [0, 0.1) is 0 Å². The van der Waals surface area contributed by atoms with Crippen molar-refractivity contribution in [2.45, 2.75) is 19.6 Å². The van der Waals surface area contributed by atoms with Crippen LogP contribution < -0.4 is 0 Å². The molecule has 1 aromatic rings. The van der Waals surface area contributed by atoms with Gasteiger partial charge in [-0.05, 0) is 31.5 Å². The van der Waals surface area contributed by atoms with E-state index in [1.807, 2.05) is 24.3 Å². The van der Waals surface area contributed by atoms with E-state index in [1.54, 1.807) is 13.8 Å². The molecule has 20 heavy (non-hydrogen) atoms. The molecule has 0 heterocycles. The van der Waals surface area contributed by atoms with Crippen LogP contribution in [0.25, 0.3) is 0 Å². The molecule has 0 fully saturated rings. The summed E-state index contributed by atoms with van der Waals surface area (Å²) in [6.45, 7) is 4.01. The van der Waals surface area contributed by atoms with Crippen LogP contribution in [0.3, 0.4) is 0 Å². The van der Waals surface area contributed by atoms with E-state index >= 15 is 0 Å². The largest absolute Gasteiger partial charge is 0.455 e. The molecule has 0 aromatic heterocycles. The first kappa shape index (κ1) is 18.1. The molecule has 0 aliphatic heterocycles. The number of hydrogen-bond acceptors (Lipinski definition) is 4. The molecular formula is C12H17ClNO3PS2. The van der Waals surface area contributed by atoms with Gasteiger partial charge in [-0.25, -0.2) is 4.57 Å². The number of nitrogens with zero attached hydrogens (tertiary/aromatic N) is 1. The van der Waals surface area contributed by atoms with Gasteiger partial charge in [-0.1, -0.05) is 35.5 Å². The van der Waals surface area contributed by atoms with Crippen LogP contribution in [0.15, 0.2) is 29.0 Å². The van der Waals surface area contributed by atoms with Crippen LogP contribution in [-0.2, 0) is 19.4 Å². The average molecular weight is 354 g/mol. The highest BCUT2D eigenvalue weighted by Gasteiger charge is 2.23. The first-order valence-corrected chi connectivity index (χ1v) is 9.35. The van der Waals surface area contributed by atoms with Crippen molar-refractivity contribution in [1.82, 2.24) is 0 Å². The molecule has 1 rings (SSSR count). The summed E-state index contributed by atoms with van der Waals surface area (Å²) in [5.41, 5.74) is 1.07. The Morgan fingerprint density at radius 3 is 2.35 bits per heavy atom. The second-order valence-electron chi connectivity index (χ2n) is 3.60. The van der Waals surface area contributed by atoms with Crippen molar-refractivity contribution in [2.75, 3.05) is 13.2 Å². The van der Waals surface area contributed by atoms with Crippen molar-refractivity contribution >= 4 is 48.1 Å². The molecule has 0 saturated carbocycles. The van der Waals surface area contributed by atoms with Gasteiger partial charge in [0.2, 0.25) is 0 Å². The summed E-state index contributed by atoms with van der Waals surface area (Å²) in [4.78, 5) is 0. The summed E-state index contributed by atoms with van der Waals surface area (Å²) < 4.78 is 26.6. The Kier molecular flexibility index (Phi) is 8.25. The number of benzene rings is 1. The van der Waals surface area contributed by atoms with Crippen LogP contribution in [-0.4, -0.2) is 17.6 Å². The number of thioether (sulfide) groups is 1. The number of rotatable bonds is 7. The monoisotopic (exact) mass is 353 g/mol. The lowest BCUT2D eigenvalue weighted by atomic mass is 10.2. The van der Waals surface area contributed by atoms with E-state index < -0.39 is 7.75 Å². The van der Waals surface area contributed by atoms with Crippen molar-refractivity contribution in [3.8, 4) is 0 Å².